The number of aromatic nitrogens is 2. The molecule has 5 heteroatoms. The maximum absolute atomic E-state index is 6.07. The van der Waals surface area contributed by atoms with Crippen LogP contribution in [0.1, 0.15) is 31.0 Å². The lowest BCUT2D eigenvalue weighted by molar-refractivity contribution is 0.833. The van der Waals surface area contributed by atoms with Crippen LogP contribution >= 0.6 is 23.2 Å². The molecule has 114 valence electrons. The van der Waals surface area contributed by atoms with E-state index in [4.69, 9.17) is 28.2 Å². The lowest BCUT2D eigenvalue weighted by Gasteiger charge is -2.11. The van der Waals surface area contributed by atoms with E-state index < -0.39 is 0 Å². The third-order valence-corrected chi connectivity index (χ3v) is 4.29. The van der Waals surface area contributed by atoms with Crippen LogP contribution in [0.15, 0.2) is 42.6 Å². The highest BCUT2D eigenvalue weighted by molar-refractivity contribution is 6.42. The summed E-state index contributed by atoms with van der Waals surface area (Å²) in [5.74, 6) is 1.37. The number of anilines is 1. The van der Waals surface area contributed by atoms with E-state index in [2.05, 4.69) is 23.6 Å². The number of nitrogens with zero attached hydrogens (tertiary/aromatic N) is 2. The standard InChI is InChI=1S/C17H17Cl2N3/c1-11(2)16-17(22-8-4-3-5-15(22)21-16)20-10-12-6-7-13(18)14(19)9-12/h3-9,11,20H,10H2,1-2H3. The first-order valence-electron chi connectivity index (χ1n) is 7.21. The molecule has 2 aromatic heterocycles. The fourth-order valence-electron chi connectivity index (χ4n) is 2.43. The maximum atomic E-state index is 6.07. The Kier molecular flexibility index (Phi) is 4.27. The van der Waals surface area contributed by atoms with Crippen LogP contribution in [0.4, 0.5) is 5.82 Å². The van der Waals surface area contributed by atoms with Crippen LogP contribution in [0.25, 0.3) is 5.65 Å². The van der Waals surface area contributed by atoms with Crippen molar-refractivity contribution in [2.75, 3.05) is 5.32 Å². The minimum Gasteiger partial charge on any atom is -0.366 e. The first-order valence-corrected chi connectivity index (χ1v) is 7.96. The van der Waals surface area contributed by atoms with Crippen LogP contribution in [0.5, 0.6) is 0 Å². The fraction of sp³-hybridized carbons (Fsp3) is 0.235. The topological polar surface area (TPSA) is 29.3 Å². The molecule has 0 aliphatic rings. The molecule has 0 amide bonds. The Balaban J connectivity index is 1.92. The Morgan fingerprint density at radius 2 is 1.95 bits per heavy atom. The van der Waals surface area contributed by atoms with Gasteiger partial charge in [0.15, 0.2) is 0 Å². The van der Waals surface area contributed by atoms with E-state index >= 15 is 0 Å². The number of pyridine rings is 1. The second-order valence-corrected chi connectivity index (χ2v) is 6.35. The quantitative estimate of drug-likeness (QED) is 0.694. The summed E-state index contributed by atoms with van der Waals surface area (Å²) in [7, 11) is 0. The predicted octanol–water partition coefficient (Wildman–Crippen LogP) is 5.38. The van der Waals surface area contributed by atoms with E-state index in [1.54, 1.807) is 0 Å². The molecule has 0 radical (unpaired) electrons. The summed E-state index contributed by atoms with van der Waals surface area (Å²) < 4.78 is 2.08. The average molecular weight is 334 g/mol. The number of imidazole rings is 1. The van der Waals surface area contributed by atoms with Crippen LogP contribution in [0, 0.1) is 0 Å². The van der Waals surface area contributed by atoms with E-state index in [0.717, 1.165) is 22.7 Å². The van der Waals surface area contributed by atoms with E-state index in [0.29, 0.717) is 22.5 Å². The molecular weight excluding hydrogens is 317 g/mol. The van der Waals surface area contributed by atoms with Gasteiger partial charge in [-0.2, -0.15) is 0 Å². The second-order valence-electron chi connectivity index (χ2n) is 5.53. The largest absolute Gasteiger partial charge is 0.366 e. The molecule has 3 nitrogen and oxygen atoms in total. The number of nitrogens with one attached hydrogen (secondary N) is 1. The molecule has 0 aliphatic heterocycles. The van der Waals surface area contributed by atoms with Gasteiger partial charge >= 0.3 is 0 Å². The van der Waals surface area contributed by atoms with E-state index in [-0.39, 0.29) is 0 Å². The van der Waals surface area contributed by atoms with Crippen molar-refractivity contribution in [2.45, 2.75) is 26.3 Å². The lowest BCUT2D eigenvalue weighted by atomic mass is 10.1. The molecule has 2 heterocycles. The van der Waals surface area contributed by atoms with Gasteiger partial charge in [-0.1, -0.05) is 49.2 Å². The lowest BCUT2D eigenvalue weighted by Crippen LogP contribution is -2.05. The highest BCUT2D eigenvalue weighted by atomic mass is 35.5. The van der Waals surface area contributed by atoms with Gasteiger partial charge in [-0.15, -0.1) is 0 Å². The number of hydrogen-bond acceptors (Lipinski definition) is 2. The summed E-state index contributed by atoms with van der Waals surface area (Å²) in [6, 6.07) is 11.7. The summed E-state index contributed by atoms with van der Waals surface area (Å²) in [6.07, 6.45) is 2.02. The Labute approximate surface area is 139 Å². The van der Waals surface area contributed by atoms with Crippen LogP contribution in [-0.2, 0) is 6.54 Å². The summed E-state index contributed by atoms with van der Waals surface area (Å²) in [4.78, 5) is 4.71. The molecule has 0 saturated heterocycles. The molecule has 0 fully saturated rings. The van der Waals surface area contributed by atoms with Crippen LogP contribution in [-0.4, -0.2) is 9.38 Å². The summed E-state index contributed by atoms with van der Waals surface area (Å²) in [6.45, 7) is 4.96. The summed E-state index contributed by atoms with van der Waals surface area (Å²) in [5.41, 5.74) is 3.09. The average Bonchev–Trinajstić information content (AvgIpc) is 2.87. The molecule has 1 aromatic carbocycles. The van der Waals surface area contributed by atoms with Gasteiger partial charge in [-0.25, -0.2) is 4.98 Å². The maximum Gasteiger partial charge on any atom is 0.138 e. The number of hydrogen-bond donors (Lipinski definition) is 1. The molecule has 3 aromatic rings. The normalized spacial score (nSPS) is 11.3. The van der Waals surface area contributed by atoms with Crippen molar-refractivity contribution >= 4 is 34.7 Å². The van der Waals surface area contributed by atoms with Crippen molar-refractivity contribution in [2.24, 2.45) is 0 Å². The minimum atomic E-state index is 0.344. The molecule has 0 unspecified atom stereocenters. The van der Waals surface area contributed by atoms with Crippen molar-refractivity contribution in [3.8, 4) is 0 Å². The molecule has 22 heavy (non-hydrogen) atoms. The van der Waals surface area contributed by atoms with Crippen molar-refractivity contribution in [1.82, 2.24) is 9.38 Å². The third-order valence-electron chi connectivity index (χ3n) is 3.55. The number of rotatable bonds is 4. The van der Waals surface area contributed by atoms with Crippen molar-refractivity contribution < 1.29 is 0 Å². The van der Waals surface area contributed by atoms with Crippen molar-refractivity contribution in [1.29, 1.82) is 0 Å². The van der Waals surface area contributed by atoms with Gasteiger partial charge in [0, 0.05) is 12.7 Å². The minimum absolute atomic E-state index is 0.344. The SMILES string of the molecule is CC(C)c1nc2ccccn2c1NCc1ccc(Cl)c(Cl)c1. The molecule has 1 N–H and O–H groups in total. The molecule has 3 rings (SSSR count). The molecule has 0 spiro atoms. The first-order chi connectivity index (χ1) is 10.6. The van der Waals surface area contributed by atoms with Gasteiger partial charge in [-0.3, -0.25) is 4.40 Å². The molecule has 0 saturated carbocycles. The van der Waals surface area contributed by atoms with Gasteiger partial charge < -0.3 is 5.32 Å². The Hall–Kier alpha value is -1.71. The van der Waals surface area contributed by atoms with Gasteiger partial charge in [0.1, 0.15) is 11.5 Å². The van der Waals surface area contributed by atoms with E-state index in [9.17, 15) is 0 Å². The van der Waals surface area contributed by atoms with Crippen LogP contribution in [0.2, 0.25) is 10.0 Å². The van der Waals surface area contributed by atoms with Crippen molar-refractivity contribution in [3.63, 3.8) is 0 Å². The van der Waals surface area contributed by atoms with Crippen LogP contribution < -0.4 is 5.32 Å². The summed E-state index contributed by atoms with van der Waals surface area (Å²) in [5, 5.41) is 4.62. The number of benzene rings is 1. The van der Waals surface area contributed by atoms with Gasteiger partial charge in [0.05, 0.1) is 15.7 Å². The molecule has 0 aliphatic carbocycles. The molecule has 0 atom stereocenters. The third kappa shape index (κ3) is 2.92. The summed E-state index contributed by atoms with van der Waals surface area (Å²) >= 11 is 12.0. The zero-order valence-corrected chi connectivity index (χ0v) is 14.0. The smallest absolute Gasteiger partial charge is 0.138 e. The van der Waals surface area contributed by atoms with Gasteiger partial charge in [0.25, 0.3) is 0 Å². The monoisotopic (exact) mass is 333 g/mol. The Morgan fingerprint density at radius 1 is 1.14 bits per heavy atom. The van der Waals surface area contributed by atoms with Crippen LogP contribution in [0.3, 0.4) is 0 Å². The molecular formula is C17H17Cl2N3. The zero-order chi connectivity index (χ0) is 15.7. The number of halogens is 2. The van der Waals surface area contributed by atoms with Gasteiger partial charge in [-0.05, 0) is 35.7 Å². The van der Waals surface area contributed by atoms with E-state index in [1.807, 2.05) is 42.6 Å². The Morgan fingerprint density at radius 3 is 2.68 bits per heavy atom. The number of fused-ring (bicyclic) bond motifs is 1. The highest BCUT2D eigenvalue weighted by Gasteiger charge is 2.14. The highest BCUT2D eigenvalue weighted by Crippen LogP contribution is 2.27. The van der Waals surface area contributed by atoms with E-state index in [1.165, 1.54) is 0 Å². The van der Waals surface area contributed by atoms with Crippen molar-refractivity contribution in [3.05, 3.63) is 63.9 Å². The first kappa shape index (κ1) is 15.2. The second kappa shape index (κ2) is 6.19. The fourth-order valence-corrected chi connectivity index (χ4v) is 2.75. The Bertz CT molecular complexity index is 809. The molecule has 0 bridgehead atoms. The van der Waals surface area contributed by atoms with Gasteiger partial charge in [0.2, 0.25) is 0 Å². The zero-order valence-electron chi connectivity index (χ0n) is 12.5. The predicted molar refractivity (Wildman–Crippen MR) is 93.1 cm³/mol.